The molecule has 0 aliphatic carbocycles. The van der Waals surface area contributed by atoms with Crippen molar-refractivity contribution in [3.05, 3.63) is 64.7 Å². The van der Waals surface area contributed by atoms with Crippen molar-refractivity contribution in [2.24, 2.45) is 5.73 Å². The molecule has 2 aromatic rings. The van der Waals surface area contributed by atoms with Gasteiger partial charge in [-0.2, -0.15) is 0 Å². The smallest absolute Gasteiger partial charge is 0.427 e. The van der Waals surface area contributed by atoms with E-state index in [0.717, 1.165) is 42.7 Å². The van der Waals surface area contributed by atoms with Gasteiger partial charge in [0.2, 0.25) is 0 Å². The van der Waals surface area contributed by atoms with Crippen LogP contribution in [0.3, 0.4) is 0 Å². The van der Waals surface area contributed by atoms with Crippen molar-refractivity contribution in [2.75, 3.05) is 25.0 Å². The van der Waals surface area contributed by atoms with E-state index in [1.54, 1.807) is 0 Å². The third kappa shape index (κ3) is 4.32. The highest BCUT2D eigenvalue weighted by Crippen LogP contribution is 2.31. The molecule has 1 fully saturated rings. The summed E-state index contributed by atoms with van der Waals surface area (Å²) in [7, 11) is -1.35. The monoisotopic (exact) mass is 393 g/mol. The Morgan fingerprint density at radius 1 is 1.17 bits per heavy atom. The maximum atomic E-state index is 13.0. The summed E-state index contributed by atoms with van der Waals surface area (Å²) in [6.45, 7) is 2.55. The minimum absolute atomic E-state index is 0.0497. The molecule has 1 saturated heterocycles. The van der Waals surface area contributed by atoms with Gasteiger partial charge in [0, 0.05) is 43.2 Å². The Bertz CT molecular complexity index is 881. The van der Waals surface area contributed by atoms with Gasteiger partial charge in [0.25, 0.3) is 5.91 Å². The molecule has 0 bridgehead atoms. The molecule has 29 heavy (non-hydrogen) atoms. The number of amides is 1. The predicted molar refractivity (Wildman–Crippen MR) is 115 cm³/mol. The zero-order valence-electron chi connectivity index (χ0n) is 16.6. The summed E-state index contributed by atoms with van der Waals surface area (Å²) >= 11 is 0. The van der Waals surface area contributed by atoms with Crippen molar-refractivity contribution in [2.45, 2.75) is 37.5 Å². The summed E-state index contributed by atoms with van der Waals surface area (Å²) in [6, 6.07) is 14.1. The lowest BCUT2D eigenvalue weighted by atomic mass is 9.68. The third-order valence-corrected chi connectivity index (χ3v) is 6.25. The van der Waals surface area contributed by atoms with Crippen LogP contribution < -0.4 is 11.1 Å². The van der Waals surface area contributed by atoms with Gasteiger partial charge in [-0.05, 0) is 60.1 Å². The molecule has 1 atom stereocenters. The summed E-state index contributed by atoms with van der Waals surface area (Å²) in [6.07, 6.45) is 2.46. The van der Waals surface area contributed by atoms with E-state index in [1.165, 1.54) is 5.56 Å². The van der Waals surface area contributed by atoms with Crippen LogP contribution in [0.1, 0.15) is 45.8 Å². The Morgan fingerprint density at radius 2 is 1.97 bits per heavy atom. The van der Waals surface area contributed by atoms with Gasteiger partial charge in [-0.15, -0.1) is 0 Å². The molecule has 1 unspecified atom stereocenters. The molecule has 152 valence electrons. The first-order valence-corrected chi connectivity index (χ1v) is 10.4. The van der Waals surface area contributed by atoms with Crippen LogP contribution in [-0.2, 0) is 13.0 Å². The molecule has 2 aliphatic rings. The number of fused-ring (bicyclic) bond motifs is 1. The van der Waals surface area contributed by atoms with Crippen LogP contribution in [0, 0.1) is 0 Å². The molecule has 0 spiro atoms. The number of nitrogens with one attached hydrogen (secondary N) is 1. The summed E-state index contributed by atoms with van der Waals surface area (Å²) in [5, 5.41) is 22.2. The Kier molecular flexibility index (Phi) is 5.90. The molecule has 0 aromatic heterocycles. The van der Waals surface area contributed by atoms with Crippen molar-refractivity contribution >= 4 is 18.7 Å². The minimum atomic E-state index is -1.35. The van der Waals surface area contributed by atoms with Crippen molar-refractivity contribution in [1.29, 1.82) is 0 Å². The lowest BCUT2D eigenvalue weighted by Gasteiger charge is -2.33. The van der Waals surface area contributed by atoms with E-state index >= 15 is 0 Å². The van der Waals surface area contributed by atoms with Crippen molar-refractivity contribution in [1.82, 2.24) is 4.90 Å². The number of rotatable bonds is 4. The van der Waals surface area contributed by atoms with Gasteiger partial charge in [-0.25, -0.2) is 0 Å². The molecule has 1 amide bonds. The summed E-state index contributed by atoms with van der Waals surface area (Å²) < 4.78 is 0. The van der Waals surface area contributed by atoms with Gasteiger partial charge in [0.1, 0.15) is 0 Å². The summed E-state index contributed by atoms with van der Waals surface area (Å²) in [5.74, 6) is 0.256. The van der Waals surface area contributed by atoms with E-state index < -0.39 is 7.12 Å². The zero-order valence-corrected chi connectivity index (χ0v) is 16.6. The first-order chi connectivity index (χ1) is 14.0. The van der Waals surface area contributed by atoms with Crippen LogP contribution in [0.4, 0.5) is 5.69 Å². The largest absolute Gasteiger partial charge is 0.456 e. The second-order valence-electron chi connectivity index (χ2n) is 8.15. The normalized spacial score (nSPS) is 19.4. The number of nitrogens with two attached hydrogens (primary N) is 1. The second-order valence-corrected chi connectivity index (χ2v) is 8.15. The zero-order chi connectivity index (χ0) is 20.4. The van der Waals surface area contributed by atoms with Gasteiger partial charge in [0.05, 0.1) is 0 Å². The van der Waals surface area contributed by atoms with Gasteiger partial charge < -0.3 is 26.0 Å². The second kappa shape index (κ2) is 8.57. The number of carbonyl (C=O) groups is 1. The molecule has 2 aromatic carbocycles. The highest BCUT2D eigenvalue weighted by molar-refractivity contribution is 6.43. The number of nitrogens with zero attached hydrogens (tertiary/aromatic N) is 1. The van der Waals surface area contributed by atoms with Gasteiger partial charge in [-0.3, -0.25) is 4.79 Å². The van der Waals surface area contributed by atoms with Crippen LogP contribution in [-0.4, -0.2) is 47.6 Å². The van der Waals surface area contributed by atoms with Crippen LogP contribution in [0.15, 0.2) is 42.5 Å². The first-order valence-electron chi connectivity index (χ1n) is 10.4. The van der Waals surface area contributed by atoms with Crippen LogP contribution in [0.2, 0.25) is 5.82 Å². The van der Waals surface area contributed by atoms with E-state index in [2.05, 4.69) is 23.5 Å². The summed E-state index contributed by atoms with van der Waals surface area (Å²) in [4.78, 5) is 15.0. The average molecular weight is 393 g/mol. The van der Waals surface area contributed by atoms with E-state index in [9.17, 15) is 14.8 Å². The highest BCUT2D eigenvalue weighted by atomic mass is 16.4. The van der Waals surface area contributed by atoms with Crippen LogP contribution in [0.25, 0.3) is 0 Å². The fraction of sp³-hybridized carbons (Fsp3) is 0.409. The van der Waals surface area contributed by atoms with E-state index in [0.29, 0.717) is 31.0 Å². The Balaban J connectivity index is 1.41. The standard InChI is InChI=1S/C22H28BN3O3/c24-13-15-2-1-3-17(10-15)16-6-8-26(9-7-16)22(27)18-4-5-21-19(11-18)12-20(14-25-21)23(28)29/h1-5,10-11,16,20,25,28-29H,6-9,12-14,24H2. The Hall–Kier alpha value is -2.35. The third-order valence-electron chi connectivity index (χ3n) is 6.25. The number of anilines is 1. The fourth-order valence-corrected chi connectivity index (χ4v) is 4.45. The Labute approximate surface area is 171 Å². The van der Waals surface area contributed by atoms with Crippen molar-refractivity contribution in [3.63, 3.8) is 0 Å². The van der Waals surface area contributed by atoms with E-state index in [4.69, 9.17) is 5.73 Å². The maximum Gasteiger partial charge on any atom is 0.456 e. The first kappa shape index (κ1) is 19.9. The molecule has 6 nitrogen and oxygen atoms in total. The lowest BCUT2D eigenvalue weighted by Crippen LogP contribution is -2.38. The Morgan fingerprint density at radius 3 is 2.69 bits per heavy atom. The molecule has 2 heterocycles. The number of hydrogen-bond acceptors (Lipinski definition) is 5. The molecule has 4 rings (SSSR count). The molecule has 0 saturated carbocycles. The molecular formula is C22H28BN3O3. The van der Waals surface area contributed by atoms with Crippen LogP contribution in [0.5, 0.6) is 0 Å². The predicted octanol–water partition coefficient (Wildman–Crippen LogP) is 1.98. The van der Waals surface area contributed by atoms with Gasteiger partial charge in [0.15, 0.2) is 0 Å². The maximum absolute atomic E-state index is 13.0. The molecule has 0 radical (unpaired) electrons. The van der Waals surface area contributed by atoms with Gasteiger partial charge >= 0.3 is 7.12 Å². The molecule has 2 aliphatic heterocycles. The van der Waals surface area contributed by atoms with E-state index in [-0.39, 0.29) is 11.7 Å². The number of benzene rings is 2. The number of carbonyl (C=O) groups excluding carboxylic acids is 1. The lowest BCUT2D eigenvalue weighted by molar-refractivity contribution is 0.0713. The number of piperidine rings is 1. The topological polar surface area (TPSA) is 98.8 Å². The molecule has 7 heteroatoms. The molecular weight excluding hydrogens is 365 g/mol. The molecule has 5 N–H and O–H groups in total. The number of hydrogen-bond donors (Lipinski definition) is 4. The average Bonchev–Trinajstić information content (AvgIpc) is 2.78. The van der Waals surface area contributed by atoms with E-state index in [1.807, 2.05) is 29.2 Å². The number of likely N-dealkylation sites (tertiary alicyclic amines) is 1. The highest BCUT2D eigenvalue weighted by Gasteiger charge is 2.29. The summed E-state index contributed by atoms with van der Waals surface area (Å²) in [5.41, 5.74) is 10.8. The van der Waals surface area contributed by atoms with Crippen molar-refractivity contribution in [3.8, 4) is 0 Å². The van der Waals surface area contributed by atoms with Gasteiger partial charge in [-0.1, -0.05) is 24.3 Å². The fourth-order valence-electron chi connectivity index (χ4n) is 4.45. The van der Waals surface area contributed by atoms with Crippen molar-refractivity contribution < 1.29 is 14.8 Å². The SMILES string of the molecule is NCc1cccc(C2CCN(C(=O)c3ccc4c(c3)CC(B(O)O)CN4)CC2)c1. The minimum Gasteiger partial charge on any atom is -0.427 e. The van der Waals surface area contributed by atoms with Crippen LogP contribution >= 0.6 is 0 Å². The quantitative estimate of drug-likeness (QED) is 0.596.